The molecule has 0 saturated carbocycles. The van der Waals surface area contributed by atoms with Crippen molar-refractivity contribution in [2.24, 2.45) is 7.05 Å². The van der Waals surface area contributed by atoms with Crippen LogP contribution in [0.25, 0.3) is 0 Å². The molecule has 0 bridgehead atoms. The van der Waals surface area contributed by atoms with Gasteiger partial charge in [0.05, 0.1) is 6.54 Å². The number of hydrogen-bond donors (Lipinski definition) is 1. The van der Waals surface area contributed by atoms with Gasteiger partial charge in [-0.15, -0.1) is 0 Å². The van der Waals surface area contributed by atoms with E-state index < -0.39 is 0 Å². The second-order valence-electron chi connectivity index (χ2n) is 5.78. The summed E-state index contributed by atoms with van der Waals surface area (Å²) in [4.78, 5) is 18.0. The van der Waals surface area contributed by atoms with Crippen molar-refractivity contribution in [1.82, 2.24) is 19.7 Å². The number of aromatic nitrogens is 3. The average molecular weight is 345 g/mol. The molecule has 1 heterocycles. The van der Waals surface area contributed by atoms with Crippen LogP contribution in [0.2, 0.25) is 0 Å². The van der Waals surface area contributed by atoms with Gasteiger partial charge in [0.25, 0.3) is 0 Å². The molecule has 0 atom stereocenters. The summed E-state index contributed by atoms with van der Waals surface area (Å²) in [5.41, 5.74) is 2.48. The Morgan fingerprint density at radius 1 is 1.12 bits per heavy atom. The van der Waals surface area contributed by atoms with Crippen molar-refractivity contribution in [3.63, 3.8) is 0 Å². The molecule has 26 heavy (non-hydrogen) atoms. The summed E-state index contributed by atoms with van der Waals surface area (Å²) in [6.07, 6.45) is 1.47. The monoisotopic (exact) mass is 345 g/mol. The third kappa shape index (κ3) is 4.48. The highest BCUT2D eigenvalue weighted by Crippen LogP contribution is 2.11. The van der Waals surface area contributed by atoms with Gasteiger partial charge in [0.1, 0.15) is 12.2 Å². The van der Waals surface area contributed by atoms with E-state index in [1.54, 1.807) is 23.7 Å². The normalized spacial score (nSPS) is 9.92. The van der Waals surface area contributed by atoms with E-state index in [1.807, 2.05) is 54.6 Å². The Morgan fingerprint density at radius 2 is 1.85 bits per heavy atom. The quantitative estimate of drug-likeness (QED) is 0.743. The van der Waals surface area contributed by atoms with Crippen LogP contribution < -0.4 is 5.32 Å². The van der Waals surface area contributed by atoms with Crippen LogP contribution in [0.15, 0.2) is 60.9 Å². The van der Waals surface area contributed by atoms with Gasteiger partial charge in [0.15, 0.2) is 0 Å². The maximum Gasteiger partial charge on any atom is 0.321 e. The lowest BCUT2D eigenvalue weighted by Gasteiger charge is -2.17. The van der Waals surface area contributed by atoms with Crippen molar-refractivity contribution in [1.29, 1.82) is 0 Å². The number of rotatable bonds is 3. The Bertz CT molecular complexity index is 953. The van der Waals surface area contributed by atoms with Crippen LogP contribution in [0, 0.1) is 11.8 Å². The summed E-state index contributed by atoms with van der Waals surface area (Å²) >= 11 is 0. The van der Waals surface area contributed by atoms with Crippen molar-refractivity contribution in [3.8, 4) is 11.8 Å². The first-order valence-corrected chi connectivity index (χ1v) is 8.14. The summed E-state index contributed by atoms with van der Waals surface area (Å²) in [5.74, 6) is 6.93. The molecule has 0 radical (unpaired) electrons. The lowest BCUT2D eigenvalue weighted by molar-refractivity contribution is 0.219. The van der Waals surface area contributed by atoms with Crippen molar-refractivity contribution in [3.05, 3.63) is 77.9 Å². The minimum atomic E-state index is -0.221. The summed E-state index contributed by atoms with van der Waals surface area (Å²) < 4.78 is 1.64. The zero-order valence-electron chi connectivity index (χ0n) is 14.7. The summed E-state index contributed by atoms with van der Waals surface area (Å²) in [6.45, 7) is 0.371. The Labute approximate surface area is 152 Å². The number of anilines is 1. The highest BCUT2D eigenvalue weighted by molar-refractivity contribution is 5.89. The number of carbonyl (C=O) groups is 1. The van der Waals surface area contributed by atoms with Gasteiger partial charge in [-0.1, -0.05) is 36.1 Å². The third-order valence-electron chi connectivity index (χ3n) is 3.77. The molecule has 0 spiro atoms. The van der Waals surface area contributed by atoms with Gasteiger partial charge in [-0.05, 0) is 30.3 Å². The first-order chi connectivity index (χ1) is 12.6. The number of urea groups is 1. The zero-order chi connectivity index (χ0) is 18.4. The number of amides is 2. The Kier molecular flexibility index (Phi) is 5.30. The standard InChI is InChI=1S/C20H19N5O/c1-24(14-19-21-15-22-25(19)2)20(26)23-18-10-6-9-17(13-18)12-11-16-7-4-3-5-8-16/h3-10,13,15H,14H2,1-2H3,(H,23,26). The molecule has 3 rings (SSSR count). The second-order valence-corrected chi connectivity index (χ2v) is 5.78. The highest BCUT2D eigenvalue weighted by Gasteiger charge is 2.12. The van der Waals surface area contributed by atoms with E-state index in [9.17, 15) is 4.79 Å². The molecule has 0 aliphatic heterocycles. The predicted molar refractivity (Wildman–Crippen MR) is 100 cm³/mol. The molecule has 6 heteroatoms. The lowest BCUT2D eigenvalue weighted by Crippen LogP contribution is -2.31. The van der Waals surface area contributed by atoms with E-state index in [2.05, 4.69) is 27.2 Å². The Morgan fingerprint density at radius 3 is 2.58 bits per heavy atom. The fraction of sp³-hybridized carbons (Fsp3) is 0.150. The van der Waals surface area contributed by atoms with Crippen LogP contribution in [0.5, 0.6) is 0 Å². The molecule has 3 aromatic rings. The molecule has 1 N–H and O–H groups in total. The van der Waals surface area contributed by atoms with E-state index in [0.717, 1.165) is 11.1 Å². The van der Waals surface area contributed by atoms with E-state index in [-0.39, 0.29) is 6.03 Å². The van der Waals surface area contributed by atoms with E-state index in [4.69, 9.17) is 0 Å². The number of hydrogen-bond acceptors (Lipinski definition) is 3. The maximum atomic E-state index is 12.4. The predicted octanol–water partition coefficient (Wildman–Crippen LogP) is 2.88. The van der Waals surface area contributed by atoms with Gasteiger partial charge in [-0.3, -0.25) is 4.68 Å². The van der Waals surface area contributed by atoms with Crippen molar-refractivity contribution < 1.29 is 4.79 Å². The molecule has 6 nitrogen and oxygen atoms in total. The van der Waals surface area contributed by atoms with Crippen LogP contribution in [-0.4, -0.2) is 32.7 Å². The topological polar surface area (TPSA) is 63.1 Å². The van der Waals surface area contributed by atoms with E-state index in [1.165, 1.54) is 6.33 Å². The molecule has 0 fully saturated rings. The Hall–Kier alpha value is -3.59. The molecule has 1 aromatic heterocycles. The van der Waals surface area contributed by atoms with Gasteiger partial charge in [-0.2, -0.15) is 5.10 Å². The number of benzene rings is 2. The van der Waals surface area contributed by atoms with Crippen LogP contribution in [0.3, 0.4) is 0 Å². The fourth-order valence-corrected chi connectivity index (χ4v) is 2.31. The molecule has 0 aliphatic rings. The average Bonchev–Trinajstić information content (AvgIpc) is 3.06. The number of carbonyl (C=O) groups excluding carboxylic acids is 1. The summed E-state index contributed by atoms with van der Waals surface area (Å²) in [6, 6.07) is 17.0. The smallest absolute Gasteiger partial charge is 0.320 e. The van der Waals surface area contributed by atoms with Crippen LogP contribution in [0.1, 0.15) is 17.0 Å². The first kappa shape index (κ1) is 17.2. The van der Waals surface area contributed by atoms with Crippen molar-refractivity contribution in [2.75, 3.05) is 12.4 Å². The summed E-state index contributed by atoms with van der Waals surface area (Å²) in [5, 5.41) is 6.88. The SMILES string of the molecule is CN(Cc1ncnn1C)C(=O)Nc1cccc(C#Cc2ccccc2)c1. The zero-order valence-corrected chi connectivity index (χ0v) is 14.7. The molecular weight excluding hydrogens is 326 g/mol. The third-order valence-corrected chi connectivity index (χ3v) is 3.77. The van der Waals surface area contributed by atoms with Crippen LogP contribution in [-0.2, 0) is 13.6 Å². The van der Waals surface area contributed by atoms with E-state index in [0.29, 0.717) is 18.1 Å². The number of nitrogens with one attached hydrogen (secondary N) is 1. The van der Waals surface area contributed by atoms with E-state index >= 15 is 0 Å². The largest absolute Gasteiger partial charge is 0.321 e. The maximum absolute atomic E-state index is 12.4. The lowest BCUT2D eigenvalue weighted by atomic mass is 10.1. The van der Waals surface area contributed by atoms with Crippen molar-refractivity contribution >= 4 is 11.7 Å². The molecule has 0 unspecified atom stereocenters. The first-order valence-electron chi connectivity index (χ1n) is 8.14. The highest BCUT2D eigenvalue weighted by atomic mass is 16.2. The Balaban J connectivity index is 1.66. The molecule has 0 saturated heterocycles. The van der Waals surface area contributed by atoms with Gasteiger partial charge >= 0.3 is 6.03 Å². The molecule has 130 valence electrons. The number of nitrogens with zero attached hydrogens (tertiary/aromatic N) is 4. The van der Waals surface area contributed by atoms with Crippen LogP contribution >= 0.6 is 0 Å². The molecule has 0 aliphatic carbocycles. The molecule has 2 amide bonds. The minimum Gasteiger partial charge on any atom is -0.320 e. The minimum absolute atomic E-state index is 0.221. The summed E-state index contributed by atoms with van der Waals surface area (Å²) in [7, 11) is 3.51. The van der Waals surface area contributed by atoms with Gasteiger partial charge < -0.3 is 10.2 Å². The van der Waals surface area contributed by atoms with Crippen molar-refractivity contribution in [2.45, 2.75) is 6.54 Å². The molecule has 2 aromatic carbocycles. The van der Waals surface area contributed by atoms with Crippen LogP contribution in [0.4, 0.5) is 10.5 Å². The number of aryl methyl sites for hydroxylation is 1. The second kappa shape index (κ2) is 7.99. The fourth-order valence-electron chi connectivity index (χ4n) is 2.31. The molecular formula is C20H19N5O. The van der Waals surface area contributed by atoms with Gasteiger partial charge in [0, 0.05) is 30.9 Å². The van der Waals surface area contributed by atoms with Gasteiger partial charge in [0.2, 0.25) is 0 Å². The van der Waals surface area contributed by atoms with Gasteiger partial charge in [-0.25, -0.2) is 9.78 Å².